The highest BCUT2D eigenvalue weighted by molar-refractivity contribution is 8.01. The van der Waals surface area contributed by atoms with Crippen LogP contribution in [0.25, 0.3) is 0 Å². The number of anilines is 1. The summed E-state index contributed by atoms with van der Waals surface area (Å²) in [4.78, 5) is 26.6. The van der Waals surface area contributed by atoms with Crippen LogP contribution in [0.5, 0.6) is 0 Å². The highest BCUT2D eigenvalue weighted by Crippen LogP contribution is 2.42. The van der Waals surface area contributed by atoms with Crippen LogP contribution in [0.3, 0.4) is 0 Å². The van der Waals surface area contributed by atoms with Gasteiger partial charge in [0.15, 0.2) is 0 Å². The molecule has 5 nitrogen and oxygen atoms in total. The molecule has 1 atom stereocenters. The molecule has 0 aromatic heterocycles. The van der Waals surface area contributed by atoms with Crippen molar-refractivity contribution in [1.29, 1.82) is 5.26 Å². The standard InChI is InChI=1S/C25H19FN2O3S/c1-15-11-17(13-27)7-10-19(15)14-28-21-4-2-3-20(26)23(21)32-22(24(28)29)12-16-5-8-18(9-6-16)25(30)31/h2-11,22H,12,14H2,1H3,(H,30,31)/t22-/m1/s1. The normalized spacial score (nSPS) is 15.2. The van der Waals surface area contributed by atoms with Crippen molar-refractivity contribution in [1.82, 2.24) is 0 Å². The van der Waals surface area contributed by atoms with Crippen LogP contribution in [-0.2, 0) is 17.8 Å². The highest BCUT2D eigenvalue weighted by Gasteiger charge is 2.35. The lowest BCUT2D eigenvalue weighted by Gasteiger charge is -2.34. The van der Waals surface area contributed by atoms with Gasteiger partial charge in [0.05, 0.1) is 39.6 Å². The predicted molar refractivity (Wildman–Crippen MR) is 120 cm³/mol. The van der Waals surface area contributed by atoms with Gasteiger partial charge in [-0.3, -0.25) is 4.79 Å². The number of aromatic carboxylic acids is 1. The van der Waals surface area contributed by atoms with Gasteiger partial charge in [0.25, 0.3) is 0 Å². The number of halogens is 1. The molecule has 32 heavy (non-hydrogen) atoms. The summed E-state index contributed by atoms with van der Waals surface area (Å²) in [6.45, 7) is 2.15. The first-order chi connectivity index (χ1) is 15.4. The largest absolute Gasteiger partial charge is 0.478 e. The number of nitriles is 1. The van der Waals surface area contributed by atoms with E-state index in [1.54, 1.807) is 41.3 Å². The number of carbonyl (C=O) groups is 2. The van der Waals surface area contributed by atoms with Crippen molar-refractivity contribution in [3.05, 3.63) is 94.3 Å². The lowest BCUT2D eigenvalue weighted by Crippen LogP contribution is -2.41. The van der Waals surface area contributed by atoms with E-state index in [0.29, 0.717) is 22.6 Å². The predicted octanol–water partition coefficient (Wildman–Crippen LogP) is 4.95. The molecule has 1 N–H and O–H groups in total. The van der Waals surface area contributed by atoms with Crippen LogP contribution in [0.4, 0.5) is 10.1 Å². The van der Waals surface area contributed by atoms with Crippen LogP contribution >= 0.6 is 11.8 Å². The molecule has 1 aliphatic heterocycles. The summed E-state index contributed by atoms with van der Waals surface area (Å²) >= 11 is 1.20. The number of amides is 1. The number of benzene rings is 3. The molecule has 1 amide bonds. The fourth-order valence-corrected chi connectivity index (χ4v) is 4.98. The second-order valence-corrected chi connectivity index (χ2v) is 8.79. The molecule has 0 fully saturated rings. The summed E-state index contributed by atoms with van der Waals surface area (Å²) < 4.78 is 14.7. The second kappa shape index (κ2) is 8.85. The molecule has 0 saturated carbocycles. The first-order valence-electron chi connectivity index (χ1n) is 9.96. The van der Waals surface area contributed by atoms with Crippen molar-refractivity contribution in [3.63, 3.8) is 0 Å². The van der Waals surface area contributed by atoms with Crippen LogP contribution in [0.1, 0.15) is 32.6 Å². The molecule has 3 aromatic rings. The van der Waals surface area contributed by atoms with Crippen molar-refractivity contribution >= 4 is 29.3 Å². The highest BCUT2D eigenvalue weighted by atomic mass is 32.2. The molecule has 160 valence electrons. The first kappa shape index (κ1) is 21.6. The Morgan fingerprint density at radius 2 is 1.94 bits per heavy atom. The van der Waals surface area contributed by atoms with Crippen molar-refractivity contribution < 1.29 is 19.1 Å². The smallest absolute Gasteiger partial charge is 0.335 e. The van der Waals surface area contributed by atoms with E-state index < -0.39 is 11.2 Å². The van der Waals surface area contributed by atoms with Gasteiger partial charge in [-0.25, -0.2) is 9.18 Å². The Balaban J connectivity index is 1.66. The van der Waals surface area contributed by atoms with Crippen LogP contribution in [-0.4, -0.2) is 22.2 Å². The zero-order chi connectivity index (χ0) is 22.8. The average molecular weight is 447 g/mol. The maximum Gasteiger partial charge on any atom is 0.335 e. The number of hydrogen-bond donors (Lipinski definition) is 1. The summed E-state index contributed by atoms with van der Waals surface area (Å²) in [5.74, 6) is -1.54. The van der Waals surface area contributed by atoms with Crippen molar-refractivity contribution in [2.45, 2.75) is 30.0 Å². The molecule has 0 aliphatic carbocycles. The number of carboxylic acid groups (broad SMARTS) is 1. The zero-order valence-electron chi connectivity index (χ0n) is 17.2. The topological polar surface area (TPSA) is 81.4 Å². The Morgan fingerprint density at radius 1 is 1.19 bits per heavy atom. The third-order valence-corrected chi connectivity index (χ3v) is 6.75. The Bertz CT molecular complexity index is 1250. The fourth-order valence-electron chi connectivity index (χ4n) is 3.71. The number of carbonyl (C=O) groups excluding carboxylic acids is 1. The molecule has 0 unspecified atom stereocenters. The van der Waals surface area contributed by atoms with Gasteiger partial charge in [-0.1, -0.05) is 24.3 Å². The van der Waals surface area contributed by atoms with E-state index in [2.05, 4.69) is 6.07 Å². The zero-order valence-corrected chi connectivity index (χ0v) is 18.0. The summed E-state index contributed by atoms with van der Waals surface area (Å²) in [5.41, 5.74) is 3.81. The SMILES string of the molecule is Cc1cc(C#N)ccc1CN1C(=O)[C@@H](Cc2ccc(C(=O)O)cc2)Sc2c(F)cccc21. The number of hydrogen-bond acceptors (Lipinski definition) is 4. The van der Waals surface area contributed by atoms with E-state index in [0.717, 1.165) is 16.7 Å². The minimum Gasteiger partial charge on any atom is -0.478 e. The number of rotatable bonds is 5. The molecule has 1 heterocycles. The quantitative estimate of drug-likeness (QED) is 0.599. The number of thioether (sulfide) groups is 1. The molecular formula is C25H19FN2O3S. The molecule has 0 saturated heterocycles. The summed E-state index contributed by atoms with van der Waals surface area (Å²) in [5, 5.41) is 17.6. The van der Waals surface area contributed by atoms with Gasteiger partial charge in [-0.15, -0.1) is 11.8 Å². The molecule has 3 aromatic carbocycles. The number of carboxylic acids is 1. The van der Waals surface area contributed by atoms with Crippen LogP contribution < -0.4 is 4.90 Å². The Morgan fingerprint density at radius 3 is 2.59 bits per heavy atom. The van der Waals surface area contributed by atoms with Gasteiger partial charge in [-0.2, -0.15) is 5.26 Å². The van der Waals surface area contributed by atoms with Crippen molar-refractivity contribution in [2.24, 2.45) is 0 Å². The lowest BCUT2D eigenvalue weighted by molar-refractivity contribution is -0.118. The maximum absolute atomic E-state index is 14.7. The molecule has 0 radical (unpaired) electrons. The van der Waals surface area contributed by atoms with Crippen LogP contribution in [0.15, 0.2) is 65.6 Å². The fraction of sp³-hybridized carbons (Fsp3) is 0.160. The van der Waals surface area contributed by atoms with Gasteiger partial charge < -0.3 is 10.0 Å². The Hall–Kier alpha value is -3.63. The number of aryl methyl sites for hydroxylation is 1. The summed E-state index contributed by atoms with van der Waals surface area (Å²) in [6, 6.07) is 18.5. The van der Waals surface area contributed by atoms with Gasteiger partial charge in [0, 0.05) is 0 Å². The summed E-state index contributed by atoms with van der Waals surface area (Å²) in [7, 11) is 0. The van der Waals surface area contributed by atoms with E-state index in [9.17, 15) is 14.0 Å². The van der Waals surface area contributed by atoms with E-state index in [1.165, 1.54) is 30.0 Å². The lowest BCUT2D eigenvalue weighted by atomic mass is 10.0. The van der Waals surface area contributed by atoms with Crippen molar-refractivity contribution in [3.8, 4) is 6.07 Å². The minimum atomic E-state index is -1.01. The molecule has 4 rings (SSSR count). The molecule has 0 bridgehead atoms. The van der Waals surface area contributed by atoms with Crippen molar-refractivity contribution in [2.75, 3.05) is 4.90 Å². The Labute approximate surface area is 189 Å². The second-order valence-electron chi connectivity index (χ2n) is 7.58. The molecule has 1 aliphatic rings. The molecule has 0 spiro atoms. The maximum atomic E-state index is 14.7. The average Bonchev–Trinajstić information content (AvgIpc) is 2.78. The number of nitrogens with zero attached hydrogens (tertiary/aromatic N) is 2. The van der Waals surface area contributed by atoms with Crippen LogP contribution in [0.2, 0.25) is 0 Å². The van der Waals surface area contributed by atoms with E-state index in [-0.39, 0.29) is 23.8 Å². The molecule has 7 heteroatoms. The van der Waals surface area contributed by atoms with Gasteiger partial charge in [0.2, 0.25) is 5.91 Å². The van der Waals surface area contributed by atoms with Gasteiger partial charge in [-0.05, 0) is 66.4 Å². The van der Waals surface area contributed by atoms with E-state index >= 15 is 0 Å². The molecular weight excluding hydrogens is 427 g/mol. The summed E-state index contributed by atoms with van der Waals surface area (Å²) in [6.07, 6.45) is 0.347. The van der Waals surface area contributed by atoms with E-state index in [1.807, 2.05) is 13.0 Å². The van der Waals surface area contributed by atoms with Gasteiger partial charge >= 0.3 is 5.97 Å². The van der Waals surface area contributed by atoms with Crippen LogP contribution in [0, 0.1) is 24.1 Å². The first-order valence-corrected chi connectivity index (χ1v) is 10.8. The minimum absolute atomic E-state index is 0.140. The number of fused-ring (bicyclic) bond motifs is 1. The third-order valence-electron chi connectivity index (χ3n) is 5.46. The monoisotopic (exact) mass is 446 g/mol. The van der Waals surface area contributed by atoms with Gasteiger partial charge in [0.1, 0.15) is 5.82 Å². The third kappa shape index (κ3) is 4.23. The Kier molecular flexibility index (Phi) is 5.97. The van der Waals surface area contributed by atoms with E-state index in [4.69, 9.17) is 10.4 Å².